The summed E-state index contributed by atoms with van der Waals surface area (Å²) in [5, 5.41) is 20.7. The molecule has 1 fully saturated rings. The Balaban J connectivity index is 1.67. The number of nitrogens with zero attached hydrogens (tertiary/aromatic N) is 4. The van der Waals surface area contributed by atoms with Crippen molar-refractivity contribution < 1.29 is 23.8 Å². The maximum atomic E-state index is 13.3. The van der Waals surface area contributed by atoms with Crippen molar-refractivity contribution in [2.24, 2.45) is 10.9 Å². The summed E-state index contributed by atoms with van der Waals surface area (Å²) in [6.07, 6.45) is 1.10. The topological polar surface area (TPSA) is 133 Å². The summed E-state index contributed by atoms with van der Waals surface area (Å²) in [6.45, 7) is 18.2. The number of nitrogens with one attached hydrogen (secondary N) is 2. The van der Waals surface area contributed by atoms with Crippen molar-refractivity contribution in [3.8, 4) is 5.75 Å². The summed E-state index contributed by atoms with van der Waals surface area (Å²) in [6, 6.07) is 1.69. The first kappa shape index (κ1) is 33.1. The van der Waals surface area contributed by atoms with Gasteiger partial charge in [0.2, 0.25) is 5.90 Å². The Morgan fingerprint density at radius 2 is 2.02 bits per heavy atom. The third-order valence-corrected chi connectivity index (χ3v) is 13.0. The Hall–Kier alpha value is -2.38. The lowest BCUT2D eigenvalue weighted by molar-refractivity contribution is 0.0935. The van der Waals surface area contributed by atoms with Crippen molar-refractivity contribution in [1.29, 1.82) is 5.41 Å². The third kappa shape index (κ3) is 8.81. The van der Waals surface area contributed by atoms with E-state index in [1.165, 1.54) is 7.11 Å². The van der Waals surface area contributed by atoms with Gasteiger partial charge in [-0.15, -0.1) is 0 Å². The summed E-state index contributed by atoms with van der Waals surface area (Å²) < 4.78 is 17.2. The molecule has 2 aliphatic rings. The molecule has 230 valence electrons. The van der Waals surface area contributed by atoms with Crippen molar-refractivity contribution >= 4 is 25.8 Å². The number of carbonyl (C=O) groups is 1. The monoisotopic (exact) mass is 590 g/mol. The highest BCUT2D eigenvalue weighted by molar-refractivity contribution is 6.74. The van der Waals surface area contributed by atoms with E-state index in [9.17, 15) is 9.90 Å². The van der Waals surface area contributed by atoms with Gasteiger partial charge in [-0.1, -0.05) is 20.8 Å². The van der Waals surface area contributed by atoms with E-state index in [2.05, 4.69) is 54.0 Å². The van der Waals surface area contributed by atoms with Gasteiger partial charge in [-0.3, -0.25) is 25.0 Å². The minimum atomic E-state index is -1.81. The van der Waals surface area contributed by atoms with Crippen LogP contribution >= 0.6 is 0 Å². The van der Waals surface area contributed by atoms with Crippen LogP contribution in [-0.2, 0) is 22.1 Å². The number of methoxy groups -OCH3 is 2. The Bertz CT molecular complexity index is 1110. The number of likely N-dealkylation sites (tertiary alicyclic amines) is 1. The number of aliphatic hydroxyl groups is 1. The van der Waals surface area contributed by atoms with Gasteiger partial charge in [0.05, 0.1) is 19.9 Å². The lowest BCUT2D eigenvalue weighted by Crippen LogP contribution is -2.43. The van der Waals surface area contributed by atoms with Crippen molar-refractivity contribution in [1.82, 2.24) is 20.1 Å². The Morgan fingerprint density at radius 3 is 2.63 bits per heavy atom. The maximum Gasteiger partial charge on any atom is 0.271 e. The molecule has 12 heteroatoms. The molecule has 3 rings (SSSR count). The third-order valence-electron chi connectivity index (χ3n) is 8.51. The molecule has 1 aromatic rings. The van der Waals surface area contributed by atoms with Crippen molar-refractivity contribution in [2.75, 3.05) is 60.2 Å². The molecular weight excluding hydrogens is 540 g/mol. The highest BCUT2D eigenvalue weighted by atomic mass is 28.4. The van der Waals surface area contributed by atoms with Gasteiger partial charge >= 0.3 is 0 Å². The van der Waals surface area contributed by atoms with Gasteiger partial charge in [0, 0.05) is 57.6 Å². The molecule has 0 radical (unpaired) electrons. The standard InChI is InChI=1S/C29H50N6O5Si/c1-20(31-25(27(30)39-6)18-35-11-9-21(16-35)19-36)32-28(37)23-15-26(38-5)22-10-12-34(17-24(22)33-23)13-14-40-41(7,8)29(2,3)4/h15,20-21,30,36H,9-14,16-19H2,1-8H3,(H,32,37). The fourth-order valence-corrected chi connectivity index (χ4v) is 5.96. The van der Waals surface area contributed by atoms with Crippen molar-refractivity contribution in [3.05, 3.63) is 23.0 Å². The number of aromatic nitrogens is 1. The van der Waals surface area contributed by atoms with Gasteiger partial charge in [-0.05, 0) is 50.4 Å². The minimum Gasteiger partial charge on any atom is -0.496 e. The predicted octanol–water partition coefficient (Wildman–Crippen LogP) is 2.92. The largest absolute Gasteiger partial charge is 0.496 e. The van der Waals surface area contributed by atoms with Crippen molar-refractivity contribution in [2.45, 2.75) is 71.4 Å². The van der Waals surface area contributed by atoms with Crippen LogP contribution in [0.3, 0.4) is 0 Å². The molecule has 0 aliphatic carbocycles. The Labute approximate surface area is 246 Å². The van der Waals surface area contributed by atoms with E-state index in [-0.39, 0.29) is 35.1 Å². The molecule has 0 aromatic carbocycles. The number of hydrogen-bond donors (Lipinski definition) is 3. The summed E-state index contributed by atoms with van der Waals surface area (Å²) in [5.41, 5.74) is 2.61. The number of fused-ring (bicyclic) bond motifs is 1. The van der Waals surface area contributed by atoms with Crippen LogP contribution in [0.15, 0.2) is 11.1 Å². The molecule has 1 aromatic heterocycles. The first-order chi connectivity index (χ1) is 19.3. The number of ether oxygens (including phenoxy) is 2. The first-order valence-electron chi connectivity index (χ1n) is 14.5. The lowest BCUT2D eigenvalue weighted by Gasteiger charge is -2.37. The zero-order chi connectivity index (χ0) is 30.4. The molecule has 3 heterocycles. The summed E-state index contributed by atoms with van der Waals surface area (Å²) in [4.78, 5) is 27.1. The number of amides is 1. The number of aliphatic hydroxyl groups excluding tert-OH is 1. The van der Waals surface area contributed by atoms with Crippen LogP contribution in [0.4, 0.5) is 0 Å². The van der Waals surface area contributed by atoms with Crippen LogP contribution < -0.4 is 10.1 Å². The maximum absolute atomic E-state index is 13.3. The van der Waals surface area contributed by atoms with Crippen LogP contribution in [-0.4, -0.2) is 112 Å². The zero-order valence-electron chi connectivity index (χ0n) is 26.2. The van der Waals surface area contributed by atoms with E-state index in [0.717, 1.165) is 50.3 Å². The molecule has 2 unspecified atom stereocenters. The van der Waals surface area contributed by atoms with E-state index in [0.29, 0.717) is 31.2 Å². The Kier molecular flexibility index (Phi) is 11.5. The fourth-order valence-electron chi connectivity index (χ4n) is 4.93. The lowest BCUT2D eigenvalue weighted by atomic mass is 10.0. The molecule has 0 bridgehead atoms. The molecule has 1 amide bonds. The van der Waals surface area contributed by atoms with Crippen LogP contribution in [0, 0.1) is 11.3 Å². The average Bonchev–Trinajstić information content (AvgIpc) is 3.38. The van der Waals surface area contributed by atoms with E-state index < -0.39 is 14.5 Å². The quantitative estimate of drug-likeness (QED) is 0.192. The molecule has 0 spiro atoms. The molecule has 11 nitrogen and oxygen atoms in total. The SMILES string of the molecule is COC(=N)C(CN1CCC(CO)C1)=NC(C)NC(=O)c1cc(OC)c2c(n1)CN(CCO[Si](C)(C)C(C)(C)C)CC2. The molecular formula is C29H50N6O5Si. The second-order valence-corrected chi connectivity index (χ2v) is 17.4. The van der Waals surface area contributed by atoms with E-state index in [1.807, 2.05) is 0 Å². The van der Waals surface area contributed by atoms with Gasteiger partial charge in [0.15, 0.2) is 8.32 Å². The van der Waals surface area contributed by atoms with Crippen LogP contribution in [0.25, 0.3) is 0 Å². The van der Waals surface area contributed by atoms with Crippen molar-refractivity contribution in [3.63, 3.8) is 0 Å². The molecule has 2 aliphatic heterocycles. The highest BCUT2D eigenvalue weighted by Crippen LogP contribution is 2.36. The minimum absolute atomic E-state index is 0.0373. The van der Waals surface area contributed by atoms with Crippen LogP contribution in [0.5, 0.6) is 5.75 Å². The predicted molar refractivity (Wildman–Crippen MR) is 164 cm³/mol. The van der Waals surface area contributed by atoms with E-state index >= 15 is 0 Å². The van der Waals surface area contributed by atoms with Gasteiger partial charge in [0.1, 0.15) is 23.3 Å². The van der Waals surface area contributed by atoms with Gasteiger partial charge < -0.3 is 24.3 Å². The molecule has 3 N–H and O–H groups in total. The molecule has 41 heavy (non-hydrogen) atoms. The second-order valence-electron chi connectivity index (χ2n) is 12.6. The zero-order valence-corrected chi connectivity index (χ0v) is 27.2. The average molecular weight is 591 g/mol. The van der Waals surface area contributed by atoms with Gasteiger partial charge in [0.25, 0.3) is 5.91 Å². The Morgan fingerprint density at radius 1 is 1.29 bits per heavy atom. The number of pyridine rings is 1. The summed E-state index contributed by atoms with van der Waals surface area (Å²) in [5.74, 6) is 0.508. The van der Waals surface area contributed by atoms with Crippen LogP contribution in [0.2, 0.25) is 18.1 Å². The normalized spacial score (nSPS) is 19.5. The number of carbonyl (C=O) groups excluding carboxylic acids is 1. The fraction of sp³-hybridized carbons (Fsp3) is 0.724. The number of aliphatic imine (C=N–C) groups is 1. The van der Waals surface area contributed by atoms with Crippen LogP contribution in [0.1, 0.15) is 55.9 Å². The molecule has 2 atom stereocenters. The summed E-state index contributed by atoms with van der Waals surface area (Å²) >= 11 is 0. The van der Waals surface area contributed by atoms with E-state index in [1.54, 1.807) is 20.1 Å². The van der Waals surface area contributed by atoms with Gasteiger partial charge in [-0.25, -0.2) is 4.98 Å². The second kappa shape index (κ2) is 14.2. The first-order valence-corrected chi connectivity index (χ1v) is 17.5. The molecule has 1 saturated heterocycles. The smallest absolute Gasteiger partial charge is 0.271 e. The number of rotatable bonds is 12. The molecule has 0 saturated carbocycles. The van der Waals surface area contributed by atoms with E-state index in [4.69, 9.17) is 24.3 Å². The summed E-state index contributed by atoms with van der Waals surface area (Å²) in [7, 11) is 1.24. The highest BCUT2D eigenvalue weighted by Gasteiger charge is 2.37. The number of hydrogen-bond acceptors (Lipinski definition) is 10. The van der Waals surface area contributed by atoms with Gasteiger partial charge in [-0.2, -0.15) is 0 Å².